The Hall–Kier alpha value is -1.22. The average Bonchev–Trinajstić information content (AvgIpc) is 2.46. The SMILES string of the molecule is COc1ccc(N2CCCCC2)c(C(C)CN)c1. The molecule has 1 heterocycles. The third-order valence-corrected chi connectivity index (χ3v) is 3.82. The van der Waals surface area contributed by atoms with Crippen molar-refractivity contribution in [2.75, 3.05) is 31.6 Å². The lowest BCUT2D eigenvalue weighted by molar-refractivity contribution is 0.414. The van der Waals surface area contributed by atoms with Crippen LogP contribution in [0.25, 0.3) is 0 Å². The Balaban J connectivity index is 2.31. The van der Waals surface area contributed by atoms with E-state index in [1.807, 2.05) is 0 Å². The van der Waals surface area contributed by atoms with Crippen LogP contribution < -0.4 is 15.4 Å². The van der Waals surface area contributed by atoms with Crippen LogP contribution in [0.15, 0.2) is 18.2 Å². The van der Waals surface area contributed by atoms with Gasteiger partial charge in [0.05, 0.1) is 7.11 Å². The van der Waals surface area contributed by atoms with E-state index < -0.39 is 0 Å². The number of rotatable bonds is 4. The van der Waals surface area contributed by atoms with Crippen LogP contribution in [0.1, 0.15) is 37.7 Å². The van der Waals surface area contributed by atoms with Crippen LogP contribution in [0.2, 0.25) is 0 Å². The number of benzene rings is 1. The quantitative estimate of drug-likeness (QED) is 0.890. The van der Waals surface area contributed by atoms with Crippen molar-refractivity contribution in [2.45, 2.75) is 32.1 Å². The molecule has 1 aromatic rings. The van der Waals surface area contributed by atoms with Crippen molar-refractivity contribution in [3.63, 3.8) is 0 Å². The Morgan fingerprint density at radius 2 is 2.00 bits per heavy atom. The van der Waals surface area contributed by atoms with Gasteiger partial charge in [-0.05, 0) is 55.5 Å². The van der Waals surface area contributed by atoms with E-state index in [1.54, 1.807) is 7.11 Å². The molecule has 0 radical (unpaired) electrons. The van der Waals surface area contributed by atoms with Gasteiger partial charge < -0.3 is 15.4 Å². The van der Waals surface area contributed by atoms with E-state index in [-0.39, 0.29) is 0 Å². The molecular weight excluding hydrogens is 224 g/mol. The highest BCUT2D eigenvalue weighted by Crippen LogP contribution is 2.32. The Morgan fingerprint density at radius 1 is 1.28 bits per heavy atom. The van der Waals surface area contributed by atoms with E-state index in [0.717, 1.165) is 18.8 Å². The molecule has 18 heavy (non-hydrogen) atoms. The first-order valence-electron chi connectivity index (χ1n) is 6.89. The molecule has 3 heteroatoms. The number of hydrogen-bond acceptors (Lipinski definition) is 3. The van der Waals surface area contributed by atoms with Crippen LogP contribution in [-0.4, -0.2) is 26.7 Å². The van der Waals surface area contributed by atoms with Crippen molar-refractivity contribution < 1.29 is 4.74 Å². The average molecular weight is 248 g/mol. The fraction of sp³-hybridized carbons (Fsp3) is 0.600. The zero-order chi connectivity index (χ0) is 13.0. The number of nitrogens with zero attached hydrogens (tertiary/aromatic N) is 1. The van der Waals surface area contributed by atoms with Gasteiger partial charge >= 0.3 is 0 Å². The van der Waals surface area contributed by atoms with Crippen LogP contribution in [0, 0.1) is 0 Å². The van der Waals surface area contributed by atoms with Crippen molar-refractivity contribution in [2.24, 2.45) is 5.73 Å². The fourth-order valence-electron chi connectivity index (χ4n) is 2.60. The maximum atomic E-state index is 5.83. The first kappa shape index (κ1) is 13.2. The predicted molar refractivity (Wildman–Crippen MR) is 76.5 cm³/mol. The lowest BCUT2D eigenvalue weighted by Crippen LogP contribution is -2.30. The molecule has 0 saturated carbocycles. The molecule has 0 spiro atoms. The number of nitrogens with two attached hydrogens (primary N) is 1. The highest BCUT2D eigenvalue weighted by atomic mass is 16.5. The van der Waals surface area contributed by atoms with Gasteiger partial charge in [0.1, 0.15) is 5.75 Å². The van der Waals surface area contributed by atoms with E-state index in [0.29, 0.717) is 12.5 Å². The van der Waals surface area contributed by atoms with E-state index >= 15 is 0 Å². The molecule has 1 aromatic carbocycles. The van der Waals surface area contributed by atoms with Gasteiger partial charge in [-0.25, -0.2) is 0 Å². The van der Waals surface area contributed by atoms with Gasteiger partial charge in [-0.3, -0.25) is 0 Å². The first-order chi connectivity index (χ1) is 8.76. The molecule has 2 N–H and O–H groups in total. The topological polar surface area (TPSA) is 38.5 Å². The maximum absolute atomic E-state index is 5.83. The van der Waals surface area contributed by atoms with Gasteiger partial charge in [0.15, 0.2) is 0 Å². The summed E-state index contributed by atoms with van der Waals surface area (Å²) in [5.41, 5.74) is 8.49. The van der Waals surface area contributed by atoms with Crippen molar-refractivity contribution >= 4 is 5.69 Å². The summed E-state index contributed by atoms with van der Waals surface area (Å²) in [6, 6.07) is 6.38. The summed E-state index contributed by atoms with van der Waals surface area (Å²) in [6.45, 7) is 5.18. The molecule has 1 aliphatic rings. The zero-order valence-corrected chi connectivity index (χ0v) is 11.5. The summed E-state index contributed by atoms with van der Waals surface area (Å²) >= 11 is 0. The number of anilines is 1. The molecule has 0 amide bonds. The Bertz CT molecular complexity index is 386. The molecule has 1 atom stereocenters. The summed E-state index contributed by atoms with van der Waals surface area (Å²) in [5, 5.41) is 0. The number of methoxy groups -OCH3 is 1. The molecule has 2 rings (SSSR count). The van der Waals surface area contributed by atoms with Crippen molar-refractivity contribution in [1.29, 1.82) is 0 Å². The highest BCUT2D eigenvalue weighted by Gasteiger charge is 2.17. The second-order valence-corrected chi connectivity index (χ2v) is 5.11. The molecular formula is C15H24N2O. The Morgan fingerprint density at radius 3 is 2.61 bits per heavy atom. The van der Waals surface area contributed by atoms with Gasteiger partial charge in [-0.2, -0.15) is 0 Å². The monoisotopic (exact) mass is 248 g/mol. The molecule has 3 nitrogen and oxygen atoms in total. The molecule has 0 bridgehead atoms. The fourth-order valence-corrected chi connectivity index (χ4v) is 2.60. The lowest BCUT2D eigenvalue weighted by atomic mass is 9.97. The molecule has 1 aliphatic heterocycles. The second kappa shape index (κ2) is 6.10. The van der Waals surface area contributed by atoms with Gasteiger partial charge in [-0.1, -0.05) is 6.92 Å². The Labute approximate surface area is 110 Å². The predicted octanol–water partition coefficient (Wildman–Crippen LogP) is 2.75. The van der Waals surface area contributed by atoms with Crippen molar-refractivity contribution in [1.82, 2.24) is 0 Å². The van der Waals surface area contributed by atoms with Gasteiger partial charge in [0.25, 0.3) is 0 Å². The minimum atomic E-state index is 0.372. The maximum Gasteiger partial charge on any atom is 0.119 e. The van der Waals surface area contributed by atoms with Crippen LogP contribution in [0.5, 0.6) is 5.75 Å². The number of ether oxygens (including phenoxy) is 1. The molecule has 100 valence electrons. The van der Waals surface area contributed by atoms with Crippen LogP contribution in [-0.2, 0) is 0 Å². The van der Waals surface area contributed by atoms with Gasteiger partial charge in [-0.15, -0.1) is 0 Å². The first-order valence-corrected chi connectivity index (χ1v) is 6.89. The summed E-state index contributed by atoms with van der Waals surface area (Å²) in [6.07, 6.45) is 3.94. The second-order valence-electron chi connectivity index (χ2n) is 5.11. The zero-order valence-electron chi connectivity index (χ0n) is 11.5. The molecule has 0 aromatic heterocycles. The van der Waals surface area contributed by atoms with E-state index in [4.69, 9.17) is 10.5 Å². The normalized spacial score (nSPS) is 17.6. The van der Waals surface area contributed by atoms with Crippen LogP contribution >= 0.6 is 0 Å². The smallest absolute Gasteiger partial charge is 0.119 e. The molecule has 1 fully saturated rings. The van der Waals surface area contributed by atoms with Crippen molar-refractivity contribution in [3.05, 3.63) is 23.8 Å². The summed E-state index contributed by atoms with van der Waals surface area (Å²) in [5.74, 6) is 1.29. The van der Waals surface area contributed by atoms with Gasteiger partial charge in [0, 0.05) is 18.8 Å². The van der Waals surface area contributed by atoms with Crippen molar-refractivity contribution in [3.8, 4) is 5.75 Å². The van der Waals surface area contributed by atoms with E-state index in [2.05, 4.69) is 30.0 Å². The largest absolute Gasteiger partial charge is 0.497 e. The standard InChI is InChI=1S/C15H24N2O/c1-12(11-16)14-10-13(18-2)6-7-15(14)17-8-4-3-5-9-17/h6-7,10,12H,3-5,8-9,11,16H2,1-2H3. The van der Waals surface area contributed by atoms with Gasteiger partial charge in [0.2, 0.25) is 0 Å². The molecule has 0 aliphatic carbocycles. The minimum Gasteiger partial charge on any atom is -0.497 e. The van der Waals surface area contributed by atoms with Crippen LogP contribution in [0.4, 0.5) is 5.69 Å². The number of hydrogen-bond donors (Lipinski definition) is 1. The highest BCUT2D eigenvalue weighted by molar-refractivity contribution is 5.58. The summed E-state index contributed by atoms with van der Waals surface area (Å²) < 4.78 is 5.33. The lowest BCUT2D eigenvalue weighted by Gasteiger charge is -2.32. The minimum absolute atomic E-state index is 0.372. The van der Waals surface area contributed by atoms with E-state index in [9.17, 15) is 0 Å². The summed E-state index contributed by atoms with van der Waals surface area (Å²) in [4.78, 5) is 2.49. The molecule has 1 saturated heterocycles. The number of piperidine rings is 1. The van der Waals surface area contributed by atoms with Crippen LogP contribution in [0.3, 0.4) is 0 Å². The third-order valence-electron chi connectivity index (χ3n) is 3.82. The third kappa shape index (κ3) is 2.78. The molecule has 1 unspecified atom stereocenters. The van der Waals surface area contributed by atoms with E-state index in [1.165, 1.54) is 30.5 Å². The Kier molecular flexibility index (Phi) is 4.48. The summed E-state index contributed by atoms with van der Waals surface area (Å²) in [7, 11) is 1.72.